The third-order valence-electron chi connectivity index (χ3n) is 5.19. The molecule has 1 aromatic carbocycles. The minimum atomic E-state index is 0.356. The number of aromatic nitrogens is 5. The summed E-state index contributed by atoms with van der Waals surface area (Å²) in [6.45, 7) is 7.05. The van der Waals surface area contributed by atoms with Crippen LogP contribution in [0.15, 0.2) is 24.3 Å². The predicted octanol–water partition coefficient (Wildman–Crippen LogP) is 2.83. The van der Waals surface area contributed by atoms with Gasteiger partial charge in [0, 0.05) is 13.6 Å². The molecule has 4 rings (SSSR count). The molecule has 24 heavy (non-hydrogen) atoms. The maximum atomic E-state index is 4.96. The van der Waals surface area contributed by atoms with Crippen LogP contribution in [0.3, 0.4) is 0 Å². The van der Waals surface area contributed by atoms with E-state index in [0.717, 1.165) is 43.2 Å². The summed E-state index contributed by atoms with van der Waals surface area (Å²) in [6, 6.07) is 8.79. The lowest BCUT2D eigenvalue weighted by Gasteiger charge is -2.24. The van der Waals surface area contributed by atoms with Gasteiger partial charge in [0.1, 0.15) is 17.5 Å². The first kappa shape index (κ1) is 15.3. The Balaban J connectivity index is 1.69. The first-order chi connectivity index (χ1) is 11.7. The van der Waals surface area contributed by atoms with Crippen LogP contribution in [0, 0.1) is 6.92 Å². The quantitative estimate of drug-likeness (QED) is 0.740. The van der Waals surface area contributed by atoms with Crippen molar-refractivity contribution in [3.05, 3.63) is 41.7 Å². The topological polar surface area (TPSA) is 51.8 Å². The lowest BCUT2D eigenvalue weighted by Crippen LogP contribution is -2.26. The number of fused-ring (bicyclic) bond motifs is 1. The van der Waals surface area contributed by atoms with E-state index in [1.807, 2.05) is 14.0 Å². The molecule has 6 heteroatoms. The molecule has 0 N–H and O–H groups in total. The van der Waals surface area contributed by atoms with Crippen molar-refractivity contribution in [3.8, 4) is 0 Å². The van der Waals surface area contributed by atoms with Crippen molar-refractivity contribution in [2.24, 2.45) is 7.05 Å². The van der Waals surface area contributed by atoms with E-state index in [0.29, 0.717) is 6.04 Å². The molecule has 0 bridgehead atoms. The molecule has 0 radical (unpaired) electrons. The Morgan fingerprint density at radius 1 is 1.21 bits per heavy atom. The van der Waals surface area contributed by atoms with Crippen LogP contribution in [0.2, 0.25) is 0 Å². The van der Waals surface area contributed by atoms with Gasteiger partial charge in [0.05, 0.1) is 23.6 Å². The molecule has 0 unspecified atom stereocenters. The highest BCUT2D eigenvalue weighted by molar-refractivity contribution is 5.76. The summed E-state index contributed by atoms with van der Waals surface area (Å²) >= 11 is 0. The Labute approximate surface area is 142 Å². The van der Waals surface area contributed by atoms with Crippen molar-refractivity contribution < 1.29 is 0 Å². The van der Waals surface area contributed by atoms with Crippen molar-refractivity contribution in [3.63, 3.8) is 0 Å². The van der Waals surface area contributed by atoms with Crippen LogP contribution in [-0.4, -0.2) is 35.8 Å². The van der Waals surface area contributed by atoms with E-state index in [4.69, 9.17) is 4.98 Å². The Morgan fingerprint density at radius 3 is 2.79 bits per heavy atom. The van der Waals surface area contributed by atoms with Crippen LogP contribution in [0.25, 0.3) is 11.0 Å². The lowest BCUT2D eigenvalue weighted by atomic mass is 10.2. The molecule has 0 amide bonds. The Kier molecular flexibility index (Phi) is 3.84. The number of nitrogens with zero attached hydrogens (tertiary/aromatic N) is 6. The third kappa shape index (κ3) is 2.41. The van der Waals surface area contributed by atoms with E-state index in [1.54, 1.807) is 0 Å². The second kappa shape index (κ2) is 6.02. The monoisotopic (exact) mass is 324 g/mol. The molecule has 1 aliphatic heterocycles. The van der Waals surface area contributed by atoms with E-state index in [1.165, 1.54) is 17.8 Å². The van der Waals surface area contributed by atoms with E-state index in [2.05, 4.69) is 55.4 Å². The SMILES string of the molecule is CCn1c([C@H]2CCCN2Cc2nnc(C)n2C)nc2ccccc21. The van der Waals surface area contributed by atoms with E-state index in [9.17, 15) is 0 Å². The van der Waals surface area contributed by atoms with Crippen molar-refractivity contribution >= 4 is 11.0 Å². The molecule has 6 nitrogen and oxygen atoms in total. The Hall–Kier alpha value is -2.21. The fraction of sp³-hybridized carbons (Fsp3) is 0.500. The minimum absolute atomic E-state index is 0.356. The maximum absolute atomic E-state index is 4.96. The third-order valence-corrected chi connectivity index (χ3v) is 5.19. The van der Waals surface area contributed by atoms with Gasteiger partial charge in [0.2, 0.25) is 0 Å². The number of benzene rings is 1. The van der Waals surface area contributed by atoms with Crippen molar-refractivity contribution in [2.75, 3.05) is 6.54 Å². The molecule has 1 aliphatic rings. The number of para-hydroxylation sites is 2. The first-order valence-corrected chi connectivity index (χ1v) is 8.73. The second-order valence-corrected chi connectivity index (χ2v) is 6.55. The van der Waals surface area contributed by atoms with Crippen LogP contribution in [0.5, 0.6) is 0 Å². The molecule has 126 valence electrons. The minimum Gasteiger partial charge on any atom is -0.327 e. The van der Waals surface area contributed by atoms with Gasteiger partial charge in [-0.25, -0.2) is 4.98 Å². The molecule has 2 aromatic heterocycles. The van der Waals surface area contributed by atoms with Gasteiger partial charge in [0.15, 0.2) is 0 Å². The van der Waals surface area contributed by atoms with Crippen molar-refractivity contribution in [2.45, 2.75) is 45.8 Å². The molecular weight excluding hydrogens is 300 g/mol. The first-order valence-electron chi connectivity index (χ1n) is 8.73. The highest BCUT2D eigenvalue weighted by Crippen LogP contribution is 2.34. The van der Waals surface area contributed by atoms with Gasteiger partial charge in [-0.3, -0.25) is 4.90 Å². The summed E-state index contributed by atoms with van der Waals surface area (Å²) in [4.78, 5) is 7.46. The largest absolute Gasteiger partial charge is 0.327 e. The molecule has 3 heterocycles. The normalized spacial score (nSPS) is 18.7. The fourth-order valence-corrected chi connectivity index (χ4v) is 3.76. The maximum Gasteiger partial charge on any atom is 0.146 e. The number of hydrogen-bond acceptors (Lipinski definition) is 4. The molecule has 0 spiro atoms. The number of imidazole rings is 1. The van der Waals surface area contributed by atoms with E-state index < -0.39 is 0 Å². The predicted molar refractivity (Wildman–Crippen MR) is 93.5 cm³/mol. The summed E-state index contributed by atoms with van der Waals surface area (Å²) in [5, 5.41) is 8.53. The zero-order valence-electron chi connectivity index (χ0n) is 14.6. The van der Waals surface area contributed by atoms with Gasteiger partial charge in [-0.15, -0.1) is 10.2 Å². The molecule has 0 saturated carbocycles. The van der Waals surface area contributed by atoms with Crippen molar-refractivity contribution in [1.29, 1.82) is 0 Å². The molecular formula is C18H24N6. The summed E-state index contributed by atoms with van der Waals surface area (Å²) in [6.07, 6.45) is 2.36. The van der Waals surface area contributed by atoms with E-state index >= 15 is 0 Å². The second-order valence-electron chi connectivity index (χ2n) is 6.55. The molecule has 0 aliphatic carbocycles. The number of rotatable bonds is 4. The molecule has 3 aromatic rings. The summed E-state index contributed by atoms with van der Waals surface area (Å²) < 4.78 is 4.44. The van der Waals surface area contributed by atoms with Crippen LogP contribution >= 0.6 is 0 Å². The van der Waals surface area contributed by atoms with Crippen LogP contribution in [-0.2, 0) is 20.1 Å². The standard InChI is InChI=1S/C18H24N6/c1-4-24-15-9-6-5-8-14(15)19-18(24)16-10-7-11-23(16)12-17-21-20-13(2)22(17)3/h5-6,8-9,16H,4,7,10-12H2,1-3H3/t16-/m1/s1. The molecule has 1 saturated heterocycles. The number of aryl methyl sites for hydroxylation is 2. The summed E-state index contributed by atoms with van der Waals surface area (Å²) in [5.74, 6) is 3.18. The van der Waals surface area contributed by atoms with Gasteiger partial charge in [-0.05, 0) is 45.4 Å². The summed E-state index contributed by atoms with van der Waals surface area (Å²) in [7, 11) is 2.04. The highest BCUT2D eigenvalue weighted by atomic mass is 15.3. The van der Waals surface area contributed by atoms with Crippen LogP contribution < -0.4 is 0 Å². The average molecular weight is 324 g/mol. The highest BCUT2D eigenvalue weighted by Gasteiger charge is 2.31. The zero-order chi connectivity index (χ0) is 16.7. The van der Waals surface area contributed by atoms with Gasteiger partial charge in [-0.2, -0.15) is 0 Å². The van der Waals surface area contributed by atoms with Crippen LogP contribution in [0.4, 0.5) is 0 Å². The summed E-state index contributed by atoms with van der Waals surface area (Å²) in [5.41, 5.74) is 2.33. The molecule has 1 atom stereocenters. The smallest absolute Gasteiger partial charge is 0.146 e. The lowest BCUT2D eigenvalue weighted by molar-refractivity contribution is 0.227. The Morgan fingerprint density at radius 2 is 2.04 bits per heavy atom. The molecule has 1 fully saturated rings. The van der Waals surface area contributed by atoms with Crippen LogP contribution in [0.1, 0.15) is 43.3 Å². The van der Waals surface area contributed by atoms with Crippen molar-refractivity contribution in [1.82, 2.24) is 29.2 Å². The Bertz CT molecular complexity index is 862. The number of hydrogen-bond donors (Lipinski definition) is 0. The zero-order valence-corrected chi connectivity index (χ0v) is 14.6. The van der Waals surface area contributed by atoms with E-state index in [-0.39, 0.29) is 0 Å². The fourth-order valence-electron chi connectivity index (χ4n) is 3.76. The number of likely N-dealkylation sites (tertiary alicyclic amines) is 1. The van der Waals surface area contributed by atoms with Gasteiger partial charge in [-0.1, -0.05) is 12.1 Å². The van der Waals surface area contributed by atoms with Gasteiger partial charge >= 0.3 is 0 Å². The average Bonchev–Trinajstić information content (AvgIpc) is 3.28. The van der Waals surface area contributed by atoms with Gasteiger partial charge < -0.3 is 9.13 Å². The van der Waals surface area contributed by atoms with Gasteiger partial charge in [0.25, 0.3) is 0 Å².